The van der Waals surface area contributed by atoms with E-state index in [0.29, 0.717) is 24.3 Å². The van der Waals surface area contributed by atoms with Crippen LogP contribution in [0.3, 0.4) is 0 Å². The van der Waals surface area contributed by atoms with E-state index in [1.807, 2.05) is 24.4 Å². The van der Waals surface area contributed by atoms with E-state index < -0.39 is 11.8 Å². The first kappa shape index (κ1) is 19.5. The molecule has 0 unspecified atom stereocenters. The normalized spacial score (nSPS) is 20.4. The van der Waals surface area contributed by atoms with Crippen LogP contribution in [0.4, 0.5) is 0 Å². The van der Waals surface area contributed by atoms with E-state index in [-0.39, 0.29) is 6.04 Å². The third-order valence-electron chi connectivity index (χ3n) is 5.85. The smallest absolute Gasteiger partial charge is 0.309 e. The van der Waals surface area contributed by atoms with Crippen molar-refractivity contribution in [3.8, 4) is 0 Å². The fraction of sp³-hybridized carbons (Fsp3) is 0.545. The number of nitrogens with one attached hydrogen (secondary N) is 3. The van der Waals surface area contributed by atoms with E-state index >= 15 is 0 Å². The number of carbonyl (C=O) groups excluding carboxylic acids is 2. The van der Waals surface area contributed by atoms with Crippen LogP contribution in [0.2, 0.25) is 0 Å². The van der Waals surface area contributed by atoms with Crippen LogP contribution in [-0.2, 0) is 16.0 Å². The molecular formula is C22H31N3O2. The number of fused-ring (bicyclic) bond motifs is 1. The van der Waals surface area contributed by atoms with Crippen molar-refractivity contribution < 1.29 is 9.59 Å². The van der Waals surface area contributed by atoms with Gasteiger partial charge in [-0.2, -0.15) is 0 Å². The molecule has 0 atom stereocenters. The summed E-state index contributed by atoms with van der Waals surface area (Å²) in [5.41, 5.74) is 2.55. The predicted octanol–water partition coefficient (Wildman–Crippen LogP) is 3.55. The highest BCUT2D eigenvalue weighted by atomic mass is 16.2. The SMILES string of the molecule is CC(C)(C)C1CCC(NC(=O)C(=O)NCCc2c[nH]c3ccccc23)CC1. The van der Waals surface area contributed by atoms with Gasteiger partial charge in [-0.05, 0) is 55.1 Å². The van der Waals surface area contributed by atoms with Crippen molar-refractivity contribution in [3.05, 3.63) is 36.0 Å². The van der Waals surface area contributed by atoms with Gasteiger partial charge in [0, 0.05) is 29.7 Å². The predicted molar refractivity (Wildman–Crippen MR) is 108 cm³/mol. The summed E-state index contributed by atoms with van der Waals surface area (Å²) in [7, 11) is 0. The number of H-pyrrole nitrogens is 1. The van der Waals surface area contributed by atoms with Gasteiger partial charge in [-0.3, -0.25) is 9.59 Å². The summed E-state index contributed by atoms with van der Waals surface area (Å²) in [5.74, 6) is -0.350. The topological polar surface area (TPSA) is 74.0 Å². The fourth-order valence-electron chi connectivity index (χ4n) is 4.08. The van der Waals surface area contributed by atoms with Gasteiger partial charge in [0.15, 0.2) is 0 Å². The molecule has 2 aromatic rings. The van der Waals surface area contributed by atoms with Crippen LogP contribution in [0.25, 0.3) is 10.9 Å². The lowest BCUT2D eigenvalue weighted by molar-refractivity contribution is -0.139. The van der Waals surface area contributed by atoms with Crippen molar-refractivity contribution in [2.45, 2.75) is 58.9 Å². The molecule has 1 heterocycles. The first-order chi connectivity index (χ1) is 12.8. The van der Waals surface area contributed by atoms with Gasteiger partial charge in [0.05, 0.1) is 0 Å². The van der Waals surface area contributed by atoms with Gasteiger partial charge < -0.3 is 15.6 Å². The largest absolute Gasteiger partial charge is 0.361 e. The highest BCUT2D eigenvalue weighted by molar-refractivity contribution is 6.35. The number of rotatable bonds is 4. The Morgan fingerprint density at radius 2 is 1.78 bits per heavy atom. The summed E-state index contributed by atoms with van der Waals surface area (Å²) in [5, 5.41) is 6.81. The summed E-state index contributed by atoms with van der Waals surface area (Å²) in [6.45, 7) is 7.28. The molecule has 5 heteroatoms. The Morgan fingerprint density at radius 3 is 2.48 bits per heavy atom. The Labute approximate surface area is 161 Å². The quantitative estimate of drug-likeness (QED) is 0.721. The van der Waals surface area contributed by atoms with Crippen molar-refractivity contribution in [1.82, 2.24) is 15.6 Å². The van der Waals surface area contributed by atoms with E-state index in [2.05, 4.69) is 42.5 Å². The number of aromatic nitrogens is 1. The molecule has 146 valence electrons. The van der Waals surface area contributed by atoms with E-state index in [4.69, 9.17) is 0 Å². The zero-order valence-electron chi connectivity index (χ0n) is 16.6. The van der Waals surface area contributed by atoms with E-state index in [9.17, 15) is 9.59 Å². The number of hydrogen-bond acceptors (Lipinski definition) is 2. The van der Waals surface area contributed by atoms with Crippen LogP contribution in [0.15, 0.2) is 30.5 Å². The summed E-state index contributed by atoms with van der Waals surface area (Å²) in [6.07, 6.45) is 6.78. The third kappa shape index (κ3) is 4.90. The summed E-state index contributed by atoms with van der Waals surface area (Å²) in [6, 6.07) is 8.20. The molecule has 3 rings (SSSR count). The molecule has 0 aliphatic heterocycles. The molecule has 1 saturated carbocycles. The summed E-state index contributed by atoms with van der Waals surface area (Å²) >= 11 is 0. The second kappa shape index (κ2) is 8.15. The van der Waals surface area contributed by atoms with E-state index in [0.717, 1.165) is 42.1 Å². The van der Waals surface area contributed by atoms with Crippen molar-refractivity contribution in [1.29, 1.82) is 0 Å². The number of carbonyl (C=O) groups is 2. The second-order valence-electron chi connectivity index (χ2n) is 8.75. The molecule has 0 spiro atoms. The van der Waals surface area contributed by atoms with Gasteiger partial charge in [-0.25, -0.2) is 0 Å². The standard InChI is InChI=1S/C22H31N3O2/c1-22(2,3)16-8-10-17(11-9-16)25-21(27)20(26)23-13-12-15-14-24-19-7-5-4-6-18(15)19/h4-7,14,16-17,24H,8-13H2,1-3H3,(H,23,26)(H,25,27). The van der Waals surface area contributed by atoms with Crippen LogP contribution in [-0.4, -0.2) is 29.4 Å². The summed E-state index contributed by atoms with van der Waals surface area (Å²) in [4.78, 5) is 27.5. The molecule has 0 bridgehead atoms. The molecule has 1 aromatic carbocycles. The van der Waals surface area contributed by atoms with Crippen molar-refractivity contribution in [2.24, 2.45) is 11.3 Å². The Morgan fingerprint density at radius 1 is 1.07 bits per heavy atom. The second-order valence-corrected chi connectivity index (χ2v) is 8.75. The van der Waals surface area contributed by atoms with Gasteiger partial charge >= 0.3 is 11.8 Å². The minimum Gasteiger partial charge on any atom is -0.361 e. The lowest BCUT2D eigenvalue weighted by Gasteiger charge is -2.37. The molecule has 2 amide bonds. The summed E-state index contributed by atoms with van der Waals surface area (Å²) < 4.78 is 0. The molecule has 27 heavy (non-hydrogen) atoms. The maximum Gasteiger partial charge on any atom is 0.309 e. The lowest BCUT2D eigenvalue weighted by Crippen LogP contribution is -2.46. The van der Waals surface area contributed by atoms with Crippen LogP contribution < -0.4 is 10.6 Å². The molecule has 0 saturated heterocycles. The van der Waals surface area contributed by atoms with Crippen molar-refractivity contribution in [3.63, 3.8) is 0 Å². The molecular weight excluding hydrogens is 338 g/mol. The molecule has 1 aromatic heterocycles. The zero-order chi connectivity index (χ0) is 19.4. The first-order valence-electron chi connectivity index (χ1n) is 9.98. The Bertz CT molecular complexity index is 795. The molecule has 1 fully saturated rings. The van der Waals surface area contributed by atoms with Gasteiger partial charge in [0.25, 0.3) is 0 Å². The lowest BCUT2D eigenvalue weighted by atomic mass is 9.71. The fourth-order valence-corrected chi connectivity index (χ4v) is 4.08. The maximum absolute atomic E-state index is 12.2. The van der Waals surface area contributed by atoms with Crippen molar-refractivity contribution in [2.75, 3.05) is 6.54 Å². The van der Waals surface area contributed by atoms with Gasteiger partial charge in [0.2, 0.25) is 0 Å². The first-order valence-corrected chi connectivity index (χ1v) is 9.98. The molecule has 1 aliphatic rings. The van der Waals surface area contributed by atoms with Gasteiger partial charge in [-0.15, -0.1) is 0 Å². The Balaban J connectivity index is 1.41. The number of hydrogen-bond donors (Lipinski definition) is 3. The Hall–Kier alpha value is -2.30. The van der Waals surface area contributed by atoms with E-state index in [1.54, 1.807) is 0 Å². The van der Waals surface area contributed by atoms with Crippen LogP contribution >= 0.6 is 0 Å². The number of benzene rings is 1. The molecule has 3 N–H and O–H groups in total. The van der Waals surface area contributed by atoms with Gasteiger partial charge in [-0.1, -0.05) is 39.0 Å². The number of para-hydroxylation sites is 1. The van der Waals surface area contributed by atoms with Crippen molar-refractivity contribution >= 4 is 22.7 Å². The average Bonchev–Trinajstić information content (AvgIpc) is 3.04. The minimum atomic E-state index is -0.534. The number of aromatic amines is 1. The number of amides is 2. The highest BCUT2D eigenvalue weighted by Gasteiger charge is 2.30. The molecule has 0 radical (unpaired) electrons. The van der Waals surface area contributed by atoms with Crippen LogP contribution in [0.1, 0.15) is 52.0 Å². The monoisotopic (exact) mass is 369 g/mol. The third-order valence-corrected chi connectivity index (χ3v) is 5.85. The van der Waals surface area contributed by atoms with Crippen LogP contribution in [0.5, 0.6) is 0 Å². The van der Waals surface area contributed by atoms with Gasteiger partial charge in [0.1, 0.15) is 0 Å². The maximum atomic E-state index is 12.2. The highest BCUT2D eigenvalue weighted by Crippen LogP contribution is 2.37. The van der Waals surface area contributed by atoms with Crippen LogP contribution in [0, 0.1) is 11.3 Å². The molecule has 5 nitrogen and oxygen atoms in total. The van der Waals surface area contributed by atoms with E-state index in [1.165, 1.54) is 0 Å². The average molecular weight is 370 g/mol. The molecule has 1 aliphatic carbocycles. The minimum absolute atomic E-state index is 0.121. The Kier molecular flexibility index (Phi) is 5.88. The zero-order valence-corrected chi connectivity index (χ0v) is 16.6.